The van der Waals surface area contributed by atoms with Gasteiger partial charge in [0.25, 0.3) is 0 Å². The zero-order chi connectivity index (χ0) is 10.0. The molecule has 1 aliphatic carbocycles. The van der Waals surface area contributed by atoms with Gasteiger partial charge in [-0.05, 0) is 19.3 Å². The lowest BCUT2D eigenvalue weighted by atomic mass is 9.94. The molecule has 1 spiro atoms. The highest BCUT2D eigenvalue weighted by Crippen LogP contribution is 2.38. The molecule has 0 radical (unpaired) electrons. The Balaban J connectivity index is 1.92. The molecule has 1 N–H and O–H groups in total. The number of hydrogen-bond donors (Lipinski definition) is 1. The first-order valence-corrected chi connectivity index (χ1v) is 5.75. The summed E-state index contributed by atoms with van der Waals surface area (Å²) in [7, 11) is 0. The van der Waals surface area contributed by atoms with Crippen molar-refractivity contribution in [3.05, 3.63) is 0 Å². The largest absolute Gasteiger partial charge is 0.390 e. The third-order valence-corrected chi connectivity index (χ3v) is 3.34. The average Bonchev–Trinajstić information content (AvgIpc) is 2.62. The molecule has 0 bridgehead atoms. The molecule has 3 heteroatoms. The summed E-state index contributed by atoms with van der Waals surface area (Å²) in [5.74, 6) is -0.334. The fraction of sp³-hybridized carbons (Fsp3) is 1.00. The topological polar surface area (TPSA) is 38.7 Å². The second-order valence-corrected chi connectivity index (χ2v) is 4.41. The van der Waals surface area contributed by atoms with Crippen LogP contribution in [0.4, 0.5) is 0 Å². The maximum Gasteiger partial charge on any atom is 0.169 e. The molecule has 3 nitrogen and oxygen atoms in total. The van der Waals surface area contributed by atoms with Gasteiger partial charge in [-0.2, -0.15) is 0 Å². The molecule has 2 fully saturated rings. The maximum absolute atomic E-state index is 9.67. The van der Waals surface area contributed by atoms with Crippen molar-refractivity contribution in [2.24, 2.45) is 0 Å². The van der Waals surface area contributed by atoms with Crippen molar-refractivity contribution in [1.29, 1.82) is 0 Å². The lowest BCUT2D eigenvalue weighted by Gasteiger charge is -2.32. The number of aliphatic hydroxyl groups excluding tert-OH is 1. The van der Waals surface area contributed by atoms with E-state index in [0.717, 1.165) is 19.3 Å². The van der Waals surface area contributed by atoms with Gasteiger partial charge in [-0.3, -0.25) is 0 Å². The van der Waals surface area contributed by atoms with E-state index in [1.165, 1.54) is 19.3 Å². The molecule has 2 atom stereocenters. The lowest BCUT2D eigenvalue weighted by Crippen LogP contribution is -2.35. The van der Waals surface area contributed by atoms with Crippen LogP contribution in [0, 0.1) is 0 Å². The van der Waals surface area contributed by atoms with Crippen LogP contribution in [0.5, 0.6) is 0 Å². The summed E-state index contributed by atoms with van der Waals surface area (Å²) in [5, 5.41) is 9.67. The smallest absolute Gasteiger partial charge is 0.169 e. The third-order valence-electron chi connectivity index (χ3n) is 3.34. The van der Waals surface area contributed by atoms with E-state index in [9.17, 15) is 5.11 Å². The van der Waals surface area contributed by atoms with E-state index in [4.69, 9.17) is 9.47 Å². The highest BCUT2D eigenvalue weighted by atomic mass is 16.7. The minimum atomic E-state index is -0.365. The fourth-order valence-electron chi connectivity index (χ4n) is 2.38. The quantitative estimate of drug-likeness (QED) is 0.739. The van der Waals surface area contributed by atoms with Crippen molar-refractivity contribution in [3.8, 4) is 0 Å². The Kier molecular flexibility index (Phi) is 3.10. The third kappa shape index (κ3) is 1.95. The zero-order valence-corrected chi connectivity index (χ0v) is 8.87. The van der Waals surface area contributed by atoms with E-state index in [2.05, 4.69) is 0 Å². The van der Waals surface area contributed by atoms with Crippen molar-refractivity contribution in [2.45, 2.75) is 63.4 Å². The van der Waals surface area contributed by atoms with Crippen molar-refractivity contribution in [2.75, 3.05) is 6.61 Å². The van der Waals surface area contributed by atoms with E-state index in [-0.39, 0.29) is 18.0 Å². The van der Waals surface area contributed by atoms with Crippen molar-refractivity contribution < 1.29 is 14.6 Å². The number of ether oxygens (including phenoxy) is 2. The molecule has 0 aromatic heterocycles. The van der Waals surface area contributed by atoms with Gasteiger partial charge >= 0.3 is 0 Å². The lowest BCUT2D eigenvalue weighted by molar-refractivity contribution is -0.195. The first-order valence-electron chi connectivity index (χ1n) is 5.75. The number of hydrogen-bond acceptors (Lipinski definition) is 3. The fourth-order valence-corrected chi connectivity index (χ4v) is 2.38. The molecule has 82 valence electrons. The Morgan fingerprint density at radius 2 is 2.07 bits per heavy atom. The van der Waals surface area contributed by atoms with Crippen LogP contribution in [-0.2, 0) is 9.47 Å². The molecular weight excluding hydrogens is 180 g/mol. The predicted octanol–water partition coefficient (Wildman–Crippen LogP) is 1.83. The van der Waals surface area contributed by atoms with Gasteiger partial charge in [0.15, 0.2) is 5.79 Å². The van der Waals surface area contributed by atoms with E-state index >= 15 is 0 Å². The number of aliphatic hydroxyl groups is 1. The Morgan fingerprint density at radius 1 is 1.36 bits per heavy atom. The van der Waals surface area contributed by atoms with Crippen LogP contribution in [0.3, 0.4) is 0 Å². The van der Waals surface area contributed by atoms with Crippen LogP contribution in [0.1, 0.15) is 45.4 Å². The van der Waals surface area contributed by atoms with Gasteiger partial charge in [0, 0.05) is 12.8 Å². The number of rotatable bonds is 2. The van der Waals surface area contributed by atoms with Gasteiger partial charge in [0.1, 0.15) is 6.10 Å². The normalized spacial score (nSPS) is 33.4. The monoisotopic (exact) mass is 200 g/mol. The van der Waals surface area contributed by atoms with E-state index < -0.39 is 0 Å². The van der Waals surface area contributed by atoms with Gasteiger partial charge in [0.05, 0.1) is 12.7 Å². The molecule has 0 unspecified atom stereocenters. The van der Waals surface area contributed by atoms with Crippen molar-refractivity contribution in [3.63, 3.8) is 0 Å². The van der Waals surface area contributed by atoms with Crippen LogP contribution >= 0.6 is 0 Å². The van der Waals surface area contributed by atoms with Gasteiger partial charge < -0.3 is 14.6 Å². The van der Waals surface area contributed by atoms with Crippen LogP contribution in [0.2, 0.25) is 0 Å². The van der Waals surface area contributed by atoms with Crippen LogP contribution in [0.25, 0.3) is 0 Å². The second-order valence-electron chi connectivity index (χ2n) is 4.41. The molecule has 2 aliphatic rings. The first kappa shape index (κ1) is 10.4. The van der Waals surface area contributed by atoms with E-state index in [1.54, 1.807) is 0 Å². The Hall–Kier alpha value is -0.120. The maximum atomic E-state index is 9.67. The van der Waals surface area contributed by atoms with Gasteiger partial charge in [-0.15, -0.1) is 0 Å². The molecule has 0 amide bonds. The Labute approximate surface area is 85.4 Å². The highest BCUT2D eigenvalue weighted by Gasteiger charge is 2.43. The molecule has 1 aliphatic heterocycles. The summed E-state index contributed by atoms with van der Waals surface area (Å²) >= 11 is 0. The van der Waals surface area contributed by atoms with Gasteiger partial charge in [-0.1, -0.05) is 13.3 Å². The molecular formula is C11H20O3. The van der Waals surface area contributed by atoms with Crippen LogP contribution < -0.4 is 0 Å². The van der Waals surface area contributed by atoms with Gasteiger partial charge in [-0.25, -0.2) is 0 Å². The molecule has 1 heterocycles. The summed E-state index contributed by atoms with van der Waals surface area (Å²) in [6.45, 7) is 2.54. The highest BCUT2D eigenvalue weighted by molar-refractivity contribution is 4.84. The van der Waals surface area contributed by atoms with Gasteiger partial charge in [0.2, 0.25) is 0 Å². The Bertz CT molecular complexity index is 187. The standard InChI is InChI=1S/C11H20O3/c1-2-9(12)10-8-13-11(14-10)6-4-3-5-7-11/h9-10,12H,2-8H2,1H3/t9-,10+/m0/s1. The first-order chi connectivity index (χ1) is 6.76. The minimum absolute atomic E-state index is 0.0990. The molecule has 14 heavy (non-hydrogen) atoms. The molecule has 1 saturated heterocycles. The predicted molar refractivity (Wildman–Crippen MR) is 52.9 cm³/mol. The minimum Gasteiger partial charge on any atom is -0.390 e. The van der Waals surface area contributed by atoms with Crippen molar-refractivity contribution >= 4 is 0 Å². The molecule has 0 aromatic carbocycles. The van der Waals surface area contributed by atoms with Crippen LogP contribution in [-0.4, -0.2) is 29.7 Å². The summed E-state index contributed by atoms with van der Waals surface area (Å²) in [6.07, 6.45) is 5.94. The average molecular weight is 200 g/mol. The summed E-state index contributed by atoms with van der Waals surface area (Å²) < 4.78 is 11.6. The molecule has 2 rings (SSSR count). The van der Waals surface area contributed by atoms with Crippen molar-refractivity contribution in [1.82, 2.24) is 0 Å². The van der Waals surface area contributed by atoms with Crippen LogP contribution in [0.15, 0.2) is 0 Å². The van der Waals surface area contributed by atoms with E-state index in [0.29, 0.717) is 6.61 Å². The summed E-state index contributed by atoms with van der Waals surface area (Å²) in [6, 6.07) is 0. The van der Waals surface area contributed by atoms with E-state index in [1.807, 2.05) is 6.92 Å². The summed E-state index contributed by atoms with van der Waals surface area (Å²) in [5.41, 5.74) is 0. The summed E-state index contributed by atoms with van der Waals surface area (Å²) in [4.78, 5) is 0. The zero-order valence-electron chi connectivity index (χ0n) is 8.87. The SMILES string of the molecule is CC[C@H](O)[C@H]1COC2(CCCCC2)O1. The Morgan fingerprint density at radius 3 is 2.71 bits per heavy atom. The second kappa shape index (κ2) is 4.17. The molecule has 0 aromatic rings. The molecule has 1 saturated carbocycles.